The Hall–Kier alpha value is -3.54. The van der Waals surface area contributed by atoms with E-state index in [-0.39, 0.29) is 17.7 Å². The maximum atomic E-state index is 13.4. The molecule has 6 heteroatoms. The van der Waals surface area contributed by atoms with Crippen molar-refractivity contribution in [2.75, 3.05) is 32.8 Å². The van der Waals surface area contributed by atoms with Gasteiger partial charge in [0, 0.05) is 43.2 Å². The van der Waals surface area contributed by atoms with E-state index >= 15 is 0 Å². The number of carbonyl (C=O) groups is 2. The van der Waals surface area contributed by atoms with Gasteiger partial charge in [-0.3, -0.25) is 9.59 Å². The largest absolute Gasteiger partial charge is 0.486 e. The van der Waals surface area contributed by atoms with Crippen LogP contribution in [0.5, 0.6) is 11.5 Å². The first-order valence-corrected chi connectivity index (χ1v) is 12.1. The zero-order chi connectivity index (χ0) is 23.5. The fraction of sp³-hybridized carbons (Fsp3) is 0.357. The minimum absolute atomic E-state index is 0.0445. The van der Waals surface area contributed by atoms with Crippen LogP contribution in [0.25, 0.3) is 10.8 Å². The molecule has 1 fully saturated rings. The highest BCUT2D eigenvalue weighted by atomic mass is 16.6. The molecule has 0 spiro atoms. The second-order valence-electron chi connectivity index (χ2n) is 8.89. The van der Waals surface area contributed by atoms with E-state index in [1.807, 2.05) is 77.4 Å². The first-order chi connectivity index (χ1) is 16.7. The van der Waals surface area contributed by atoms with Gasteiger partial charge in [-0.05, 0) is 42.7 Å². The van der Waals surface area contributed by atoms with Crippen molar-refractivity contribution in [3.63, 3.8) is 0 Å². The van der Waals surface area contributed by atoms with Crippen LogP contribution in [0.3, 0.4) is 0 Å². The summed E-state index contributed by atoms with van der Waals surface area (Å²) in [7, 11) is 0. The van der Waals surface area contributed by atoms with Crippen LogP contribution < -0.4 is 9.47 Å². The average Bonchev–Trinajstić information content (AvgIpc) is 2.90. The van der Waals surface area contributed by atoms with Crippen molar-refractivity contribution in [1.82, 2.24) is 9.80 Å². The third kappa shape index (κ3) is 4.32. The van der Waals surface area contributed by atoms with Crippen LogP contribution in [0.1, 0.15) is 35.7 Å². The van der Waals surface area contributed by atoms with E-state index in [4.69, 9.17) is 9.47 Å². The van der Waals surface area contributed by atoms with Crippen molar-refractivity contribution in [1.29, 1.82) is 0 Å². The number of rotatable bonds is 5. The van der Waals surface area contributed by atoms with Gasteiger partial charge in [0.05, 0.1) is 0 Å². The number of ether oxygens (including phenoxy) is 2. The van der Waals surface area contributed by atoms with Crippen LogP contribution in [-0.4, -0.2) is 54.5 Å². The highest BCUT2D eigenvalue weighted by Gasteiger charge is 2.31. The van der Waals surface area contributed by atoms with Gasteiger partial charge in [-0.1, -0.05) is 48.5 Å². The molecule has 0 saturated carbocycles. The molecular weight excluding hydrogens is 428 g/mol. The number of fused-ring (bicyclic) bond motifs is 2. The Labute approximate surface area is 200 Å². The minimum Gasteiger partial charge on any atom is -0.486 e. The first-order valence-electron chi connectivity index (χ1n) is 12.1. The molecule has 2 aliphatic rings. The minimum atomic E-state index is -0.0757. The summed E-state index contributed by atoms with van der Waals surface area (Å²) in [5.41, 5.74) is 1.70. The van der Waals surface area contributed by atoms with E-state index in [1.54, 1.807) is 0 Å². The Balaban J connectivity index is 1.24. The molecule has 6 nitrogen and oxygen atoms in total. The van der Waals surface area contributed by atoms with E-state index in [2.05, 4.69) is 0 Å². The fourth-order valence-corrected chi connectivity index (χ4v) is 4.98. The number of nitrogens with zero attached hydrogens (tertiary/aromatic N) is 2. The van der Waals surface area contributed by atoms with Crippen LogP contribution in [0.15, 0.2) is 60.7 Å². The number of hydrogen-bond donors (Lipinski definition) is 0. The summed E-state index contributed by atoms with van der Waals surface area (Å²) in [6.45, 7) is 5.37. The Bertz CT molecular complexity index is 1190. The summed E-state index contributed by atoms with van der Waals surface area (Å²) in [6.07, 6.45) is 1.36. The smallest absolute Gasteiger partial charge is 0.254 e. The summed E-state index contributed by atoms with van der Waals surface area (Å²) >= 11 is 0. The number of carbonyl (C=O) groups excluding carboxylic acids is 2. The van der Waals surface area contributed by atoms with Crippen molar-refractivity contribution in [2.24, 2.45) is 5.92 Å². The third-order valence-corrected chi connectivity index (χ3v) is 6.85. The van der Waals surface area contributed by atoms with Crippen LogP contribution >= 0.6 is 0 Å². The SMILES string of the molecule is CCN(Cc1cccc2c1OCCO2)C(=O)C1CCN(C(=O)c2cccc3ccccc23)CC1. The number of amides is 2. The quantitative estimate of drug-likeness (QED) is 0.564. The molecule has 0 N–H and O–H groups in total. The molecular formula is C28H30N2O4. The molecule has 3 aromatic rings. The normalized spacial score (nSPS) is 15.9. The van der Waals surface area contributed by atoms with Gasteiger partial charge in [-0.2, -0.15) is 0 Å². The summed E-state index contributed by atoms with van der Waals surface area (Å²) in [4.78, 5) is 30.4. The maximum absolute atomic E-state index is 13.4. The van der Waals surface area contributed by atoms with Crippen molar-refractivity contribution >= 4 is 22.6 Å². The number of benzene rings is 3. The lowest BCUT2D eigenvalue weighted by Gasteiger charge is -2.34. The van der Waals surface area contributed by atoms with Crippen LogP contribution in [0.2, 0.25) is 0 Å². The monoisotopic (exact) mass is 458 g/mol. The predicted molar refractivity (Wildman–Crippen MR) is 131 cm³/mol. The molecule has 0 atom stereocenters. The second-order valence-corrected chi connectivity index (χ2v) is 8.89. The Kier molecular flexibility index (Phi) is 6.39. The fourth-order valence-electron chi connectivity index (χ4n) is 4.98. The van der Waals surface area contributed by atoms with Gasteiger partial charge in [0.2, 0.25) is 5.91 Å². The van der Waals surface area contributed by atoms with Gasteiger partial charge >= 0.3 is 0 Å². The number of hydrogen-bond acceptors (Lipinski definition) is 4. The van der Waals surface area contributed by atoms with Gasteiger partial charge in [-0.25, -0.2) is 0 Å². The van der Waals surface area contributed by atoms with Crippen molar-refractivity contribution in [3.05, 3.63) is 71.8 Å². The van der Waals surface area contributed by atoms with E-state index in [0.29, 0.717) is 52.2 Å². The zero-order valence-electron chi connectivity index (χ0n) is 19.5. The molecule has 0 aliphatic carbocycles. The highest BCUT2D eigenvalue weighted by molar-refractivity contribution is 6.07. The van der Waals surface area contributed by atoms with Crippen molar-refractivity contribution in [3.8, 4) is 11.5 Å². The third-order valence-electron chi connectivity index (χ3n) is 6.85. The molecule has 0 radical (unpaired) electrons. The Morgan fingerprint density at radius 1 is 0.941 bits per heavy atom. The molecule has 0 bridgehead atoms. The first kappa shape index (κ1) is 22.3. The maximum Gasteiger partial charge on any atom is 0.254 e. The lowest BCUT2D eigenvalue weighted by atomic mass is 9.94. The molecule has 3 aromatic carbocycles. The van der Waals surface area contributed by atoms with Gasteiger partial charge in [0.25, 0.3) is 5.91 Å². The second kappa shape index (κ2) is 9.75. The summed E-state index contributed by atoms with van der Waals surface area (Å²) < 4.78 is 11.5. The van der Waals surface area contributed by atoms with Crippen LogP contribution in [0.4, 0.5) is 0 Å². The lowest BCUT2D eigenvalue weighted by Crippen LogP contribution is -2.44. The highest BCUT2D eigenvalue weighted by Crippen LogP contribution is 2.35. The summed E-state index contributed by atoms with van der Waals surface area (Å²) in [5, 5.41) is 2.04. The molecule has 2 heterocycles. The molecule has 0 aromatic heterocycles. The Morgan fingerprint density at radius 2 is 1.68 bits per heavy atom. The zero-order valence-corrected chi connectivity index (χ0v) is 19.5. The van der Waals surface area contributed by atoms with E-state index in [1.165, 1.54) is 0 Å². The summed E-state index contributed by atoms with van der Waals surface area (Å²) in [5.74, 6) is 1.61. The van der Waals surface area contributed by atoms with Gasteiger partial charge in [0.15, 0.2) is 11.5 Å². The van der Waals surface area contributed by atoms with E-state index in [9.17, 15) is 9.59 Å². The average molecular weight is 459 g/mol. The number of para-hydroxylation sites is 1. The van der Waals surface area contributed by atoms with E-state index < -0.39 is 0 Å². The Morgan fingerprint density at radius 3 is 2.50 bits per heavy atom. The molecule has 176 valence electrons. The van der Waals surface area contributed by atoms with Crippen LogP contribution in [0, 0.1) is 5.92 Å². The van der Waals surface area contributed by atoms with Crippen molar-refractivity contribution in [2.45, 2.75) is 26.3 Å². The molecule has 2 aliphatic heterocycles. The lowest BCUT2D eigenvalue weighted by molar-refractivity contribution is -0.137. The van der Waals surface area contributed by atoms with Gasteiger partial charge in [0.1, 0.15) is 13.2 Å². The number of piperidine rings is 1. The number of likely N-dealkylation sites (tertiary alicyclic amines) is 1. The standard InChI is InChI=1S/C28H30N2O4/c1-2-29(19-22-9-6-12-25-26(22)34-18-17-33-25)27(31)21-13-15-30(16-14-21)28(32)24-11-5-8-20-7-3-4-10-23(20)24/h3-12,21H,2,13-19H2,1H3. The molecule has 1 saturated heterocycles. The predicted octanol–water partition coefficient (Wildman–Crippen LogP) is 4.51. The van der Waals surface area contributed by atoms with Gasteiger partial charge in [-0.15, -0.1) is 0 Å². The molecule has 0 unspecified atom stereocenters. The molecule has 5 rings (SSSR count). The molecule has 2 amide bonds. The topological polar surface area (TPSA) is 59.1 Å². The molecule has 34 heavy (non-hydrogen) atoms. The van der Waals surface area contributed by atoms with Crippen molar-refractivity contribution < 1.29 is 19.1 Å². The van der Waals surface area contributed by atoms with E-state index in [0.717, 1.165) is 33.4 Å². The van der Waals surface area contributed by atoms with Gasteiger partial charge < -0.3 is 19.3 Å². The summed E-state index contributed by atoms with van der Waals surface area (Å²) in [6, 6.07) is 19.7. The van der Waals surface area contributed by atoms with Crippen LogP contribution in [-0.2, 0) is 11.3 Å².